The zero-order chi connectivity index (χ0) is 17.3. The van der Waals surface area contributed by atoms with Crippen LogP contribution in [0.1, 0.15) is 17.3 Å². The fourth-order valence-electron chi connectivity index (χ4n) is 2.56. The summed E-state index contributed by atoms with van der Waals surface area (Å²) in [5.74, 6) is -1.13. The van der Waals surface area contributed by atoms with Crippen molar-refractivity contribution in [3.63, 3.8) is 0 Å². The molecule has 24 heavy (non-hydrogen) atoms. The minimum absolute atomic E-state index is 0.00819. The van der Waals surface area contributed by atoms with E-state index in [-0.39, 0.29) is 17.2 Å². The van der Waals surface area contributed by atoms with E-state index in [2.05, 4.69) is 15.6 Å². The van der Waals surface area contributed by atoms with Crippen LogP contribution in [0.4, 0.5) is 5.69 Å². The van der Waals surface area contributed by atoms with Crippen molar-refractivity contribution in [2.75, 3.05) is 17.6 Å². The Morgan fingerprint density at radius 1 is 1.38 bits per heavy atom. The van der Waals surface area contributed by atoms with Crippen molar-refractivity contribution in [1.29, 1.82) is 0 Å². The number of aromatic nitrogens is 1. The van der Waals surface area contributed by atoms with Crippen molar-refractivity contribution >= 4 is 32.3 Å². The van der Waals surface area contributed by atoms with Crippen LogP contribution in [0, 0.1) is 0 Å². The molecule has 1 aromatic heterocycles. The zero-order valence-corrected chi connectivity index (χ0v) is 13.8. The van der Waals surface area contributed by atoms with Crippen molar-refractivity contribution in [2.24, 2.45) is 0 Å². The minimum Gasteiger partial charge on any atom is -0.493 e. The summed E-state index contributed by atoms with van der Waals surface area (Å²) >= 11 is 0. The second-order valence-electron chi connectivity index (χ2n) is 5.54. The first-order valence-electron chi connectivity index (χ1n) is 7.47. The number of pyridine rings is 1. The number of hydrogen-bond donors (Lipinski definition) is 3. The van der Waals surface area contributed by atoms with Crippen LogP contribution in [-0.4, -0.2) is 42.8 Å². The number of rotatable bonds is 4. The summed E-state index contributed by atoms with van der Waals surface area (Å²) in [6.07, 6.45) is 1.42. The molecular formula is C16H17N3O4S. The molecule has 7 nitrogen and oxygen atoms in total. The second-order valence-corrected chi connectivity index (χ2v) is 7.47. The number of benzene rings is 1. The van der Waals surface area contributed by atoms with Gasteiger partial charge < -0.3 is 15.7 Å². The Morgan fingerprint density at radius 2 is 2.17 bits per heavy atom. The van der Waals surface area contributed by atoms with Crippen LogP contribution in [0.5, 0.6) is 5.88 Å². The van der Waals surface area contributed by atoms with Gasteiger partial charge in [0.25, 0.3) is 5.91 Å². The topological polar surface area (TPSA) is 108 Å². The zero-order valence-electron chi connectivity index (χ0n) is 13.0. The van der Waals surface area contributed by atoms with Gasteiger partial charge in [0.05, 0.1) is 17.3 Å². The molecule has 0 saturated carbocycles. The van der Waals surface area contributed by atoms with Gasteiger partial charge in [0.15, 0.2) is 9.84 Å². The van der Waals surface area contributed by atoms with Gasteiger partial charge in [-0.25, -0.2) is 13.4 Å². The maximum absolute atomic E-state index is 12.3. The Kier molecular flexibility index (Phi) is 4.15. The average molecular weight is 347 g/mol. The van der Waals surface area contributed by atoms with Crippen molar-refractivity contribution in [3.8, 4) is 5.88 Å². The fraction of sp³-hybridized carbons (Fsp3) is 0.250. The van der Waals surface area contributed by atoms with E-state index >= 15 is 0 Å². The molecule has 0 spiro atoms. The molecule has 3 N–H and O–H groups in total. The number of nitrogens with zero attached hydrogens (tertiary/aromatic N) is 1. The molecule has 1 amide bonds. The molecule has 2 aromatic rings. The highest BCUT2D eigenvalue weighted by Gasteiger charge is 2.24. The highest BCUT2D eigenvalue weighted by molar-refractivity contribution is 7.94. The van der Waals surface area contributed by atoms with E-state index < -0.39 is 21.8 Å². The van der Waals surface area contributed by atoms with Crippen LogP contribution in [0.15, 0.2) is 35.7 Å². The Balaban J connectivity index is 1.89. The highest BCUT2D eigenvalue weighted by atomic mass is 32.2. The lowest BCUT2D eigenvalue weighted by atomic mass is 10.1. The Labute approximate surface area is 139 Å². The molecule has 1 aliphatic rings. The number of carbonyl (C=O) groups is 1. The molecule has 126 valence electrons. The van der Waals surface area contributed by atoms with E-state index in [9.17, 15) is 18.3 Å². The predicted octanol–water partition coefficient (Wildman–Crippen LogP) is 1.41. The molecule has 1 atom stereocenters. The smallest absolute Gasteiger partial charge is 0.257 e. The van der Waals surface area contributed by atoms with Gasteiger partial charge in [-0.2, -0.15) is 0 Å². The van der Waals surface area contributed by atoms with E-state index in [1.807, 2.05) is 19.1 Å². The summed E-state index contributed by atoms with van der Waals surface area (Å²) in [6, 6.07) is 6.36. The summed E-state index contributed by atoms with van der Waals surface area (Å²) in [5, 5.41) is 17.5. The van der Waals surface area contributed by atoms with Gasteiger partial charge in [0, 0.05) is 23.0 Å². The van der Waals surface area contributed by atoms with Crippen molar-refractivity contribution in [3.05, 3.63) is 41.3 Å². The lowest BCUT2D eigenvalue weighted by molar-refractivity contribution is 0.0944. The first kappa shape index (κ1) is 16.3. The van der Waals surface area contributed by atoms with E-state index in [1.54, 1.807) is 12.1 Å². The Morgan fingerprint density at radius 3 is 2.83 bits per heavy atom. The molecule has 2 heterocycles. The Hall–Kier alpha value is -2.61. The number of nitrogens with one attached hydrogen (secondary N) is 2. The number of anilines is 1. The van der Waals surface area contributed by atoms with E-state index in [0.29, 0.717) is 10.9 Å². The molecule has 0 aliphatic carbocycles. The maximum Gasteiger partial charge on any atom is 0.257 e. The standard InChI is InChI=1S/C16H17N3O4S/c1-2-17-11-3-4-14-10(7-11)8-13(16(21)19-14)15(20)18-12-5-6-24(22,23)9-12/h3-8,12,17H,2,9H2,1H3,(H,18,20)(H,19,21). The average Bonchev–Trinajstić information content (AvgIpc) is 2.86. The van der Waals surface area contributed by atoms with Crippen molar-refractivity contribution < 1.29 is 18.3 Å². The van der Waals surface area contributed by atoms with Crippen LogP contribution < -0.4 is 10.6 Å². The maximum atomic E-state index is 12.3. The normalized spacial score (nSPS) is 18.6. The first-order valence-corrected chi connectivity index (χ1v) is 9.19. The summed E-state index contributed by atoms with van der Waals surface area (Å²) in [7, 11) is -3.26. The van der Waals surface area contributed by atoms with Gasteiger partial charge in [-0.15, -0.1) is 0 Å². The molecule has 0 radical (unpaired) electrons. The van der Waals surface area contributed by atoms with Crippen molar-refractivity contribution in [1.82, 2.24) is 10.3 Å². The number of carbonyl (C=O) groups excluding carboxylic acids is 1. The SMILES string of the molecule is CCNc1ccc2nc(O)c(C(=O)NC3C=CS(=O)(=O)C3)cc2c1. The summed E-state index contributed by atoms with van der Waals surface area (Å²) < 4.78 is 22.8. The molecule has 1 unspecified atom stereocenters. The Bertz CT molecular complexity index is 938. The molecular weight excluding hydrogens is 330 g/mol. The monoisotopic (exact) mass is 347 g/mol. The lowest BCUT2D eigenvalue weighted by Crippen LogP contribution is -2.35. The third kappa shape index (κ3) is 3.33. The third-order valence-electron chi connectivity index (χ3n) is 3.67. The lowest BCUT2D eigenvalue weighted by Gasteiger charge is -2.12. The van der Waals surface area contributed by atoms with E-state index in [0.717, 1.165) is 17.6 Å². The van der Waals surface area contributed by atoms with Crippen molar-refractivity contribution in [2.45, 2.75) is 13.0 Å². The van der Waals surface area contributed by atoms with E-state index in [1.165, 1.54) is 6.08 Å². The molecule has 3 rings (SSSR count). The number of amides is 1. The second kappa shape index (κ2) is 6.12. The largest absolute Gasteiger partial charge is 0.493 e. The molecule has 0 fully saturated rings. The molecule has 0 bridgehead atoms. The van der Waals surface area contributed by atoms with Gasteiger partial charge in [-0.3, -0.25) is 4.79 Å². The first-order chi connectivity index (χ1) is 11.4. The van der Waals surface area contributed by atoms with Gasteiger partial charge in [-0.1, -0.05) is 0 Å². The van der Waals surface area contributed by atoms with Gasteiger partial charge in [-0.05, 0) is 37.3 Å². The van der Waals surface area contributed by atoms with Crippen LogP contribution in [0.25, 0.3) is 10.9 Å². The number of aromatic hydroxyl groups is 1. The quantitative estimate of drug-likeness (QED) is 0.772. The number of fused-ring (bicyclic) bond motifs is 1. The van der Waals surface area contributed by atoms with Crippen LogP contribution in [0.3, 0.4) is 0 Å². The highest BCUT2D eigenvalue weighted by Crippen LogP contribution is 2.24. The summed E-state index contributed by atoms with van der Waals surface area (Å²) in [5.41, 5.74) is 1.46. The van der Waals surface area contributed by atoms with Crippen LogP contribution in [-0.2, 0) is 9.84 Å². The fourth-order valence-corrected chi connectivity index (χ4v) is 3.79. The predicted molar refractivity (Wildman–Crippen MR) is 91.8 cm³/mol. The number of hydrogen-bond acceptors (Lipinski definition) is 6. The minimum atomic E-state index is -3.26. The van der Waals surface area contributed by atoms with Crippen LogP contribution >= 0.6 is 0 Å². The third-order valence-corrected chi connectivity index (χ3v) is 5.06. The van der Waals surface area contributed by atoms with Gasteiger partial charge >= 0.3 is 0 Å². The summed E-state index contributed by atoms with van der Waals surface area (Å²) in [6.45, 7) is 2.73. The molecule has 0 saturated heterocycles. The number of sulfone groups is 1. The van der Waals surface area contributed by atoms with E-state index in [4.69, 9.17) is 0 Å². The van der Waals surface area contributed by atoms with Gasteiger partial charge in [0.1, 0.15) is 5.56 Å². The van der Waals surface area contributed by atoms with Crippen LogP contribution in [0.2, 0.25) is 0 Å². The molecule has 1 aliphatic heterocycles. The molecule has 8 heteroatoms. The summed E-state index contributed by atoms with van der Waals surface area (Å²) in [4.78, 5) is 16.4. The van der Waals surface area contributed by atoms with Gasteiger partial charge in [0.2, 0.25) is 5.88 Å². The molecule has 1 aromatic carbocycles.